The lowest BCUT2D eigenvalue weighted by molar-refractivity contribution is -0.114. The minimum atomic E-state index is -0.881. The number of anilines is 1. The van der Waals surface area contributed by atoms with Gasteiger partial charge in [-0.15, -0.1) is 0 Å². The molecule has 0 bridgehead atoms. The summed E-state index contributed by atoms with van der Waals surface area (Å²) in [6.07, 6.45) is 1.66. The number of aryl methyl sites for hydroxylation is 3. The van der Waals surface area contributed by atoms with Crippen LogP contribution in [0.25, 0.3) is 17.0 Å². The molecule has 1 N–H and O–H groups in total. The van der Waals surface area contributed by atoms with Crippen molar-refractivity contribution < 1.29 is 13.9 Å². The molecular formula is C19H19FIN4O2P. The summed E-state index contributed by atoms with van der Waals surface area (Å²) in [7, 11) is 1.52. The number of halogens is 2. The van der Waals surface area contributed by atoms with E-state index < -0.39 is 11.7 Å². The summed E-state index contributed by atoms with van der Waals surface area (Å²) in [6.45, 7) is 5.47. The highest BCUT2D eigenvalue weighted by Crippen LogP contribution is 2.31. The predicted octanol–water partition coefficient (Wildman–Crippen LogP) is 5.11. The Kier molecular flexibility index (Phi) is 6.30. The quantitative estimate of drug-likeness (QED) is 0.293. The van der Waals surface area contributed by atoms with Gasteiger partial charge in [-0.05, 0) is 66.1 Å². The molecular weight excluding hydrogens is 493 g/mol. The molecule has 146 valence electrons. The third-order valence-corrected chi connectivity index (χ3v) is 6.17. The Morgan fingerprint density at radius 3 is 2.68 bits per heavy atom. The number of aromatic nitrogens is 3. The van der Waals surface area contributed by atoms with E-state index in [9.17, 15) is 9.18 Å². The number of carbonyl (C=O) groups is 1. The second-order valence-electron chi connectivity index (χ2n) is 6.25. The highest BCUT2D eigenvalue weighted by molar-refractivity contribution is 14.2. The maximum atomic E-state index is 14.5. The number of pyridine rings is 1. The summed E-state index contributed by atoms with van der Waals surface area (Å²) in [4.78, 5) is 16.6. The number of carbonyl (C=O) groups excluding carboxylic acids is 1. The van der Waals surface area contributed by atoms with Gasteiger partial charge in [0.1, 0.15) is 0 Å². The summed E-state index contributed by atoms with van der Waals surface area (Å²) in [5, 5.41) is 8.08. The monoisotopic (exact) mass is 512 g/mol. The number of amides is 1. The van der Waals surface area contributed by atoms with E-state index in [1.807, 2.05) is 23.5 Å². The van der Waals surface area contributed by atoms with E-state index in [0.29, 0.717) is 29.2 Å². The summed E-state index contributed by atoms with van der Waals surface area (Å²) in [5.74, 6) is -1.26. The third-order valence-electron chi connectivity index (χ3n) is 4.30. The Labute approximate surface area is 176 Å². The van der Waals surface area contributed by atoms with Crippen molar-refractivity contribution in [2.45, 2.75) is 20.8 Å². The van der Waals surface area contributed by atoms with E-state index in [1.54, 1.807) is 26.0 Å². The summed E-state index contributed by atoms with van der Waals surface area (Å²) >= 11 is 2.25. The van der Waals surface area contributed by atoms with Crippen molar-refractivity contribution in [2.24, 2.45) is 0 Å². The van der Waals surface area contributed by atoms with Gasteiger partial charge in [0.2, 0.25) is 5.88 Å². The average molecular weight is 512 g/mol. The zero-order chi connectivity index (χ0) is 20.4. The zero-order valence-electron chi connectivity index (χ0n) is 15.8. The molecule has 0 spiro atoms. The Morgan fingerprint density at radius 2 is 2.04 bits per heavy atom. The molecule has 0 saturated heterocycles. The van der Waals surface area contributed by atoms with E-state index in [2.05, 4.69) is 37.4 Å². The van der Waals surface area contributed by atoms with Gasteiger partial charge in [-0.25, -0.2) is 13.8 Å². The van der Waals surface area contributed by atoms with Crippen molar-refractivity contribution in [2.75, 3.05) is 12.4 Å². The van der Waals surface area contributed by atoms with Gasteiger partial charge < -0.3 is 10.1 Å². The fourth-order valence-electron chi connectivity index (χ4n) is 2.92. The first-order chi connectivity index (χ1) is 13.3. The van der Waals surface area contributed by atoms with Crippen LogP contribution >= 0.6 is 28.4 Å². The van der Waals surface area contributed by atoms with Crippen LogP contribution in [-0.4, -0.2) is 27.6 Å². The second kappa shape index (κ2) is 8.53. The number of methoxy groups -OCH3 is 1. The van der Waals surface area contributed by atoms with Gasteiger partial charge in [-0.3, -0.25) is 4.79 Å². The Hall–Kier alpha value is -2.06. The van der Waals surface area contributed by atoms with Crippen molar-refractivity contribution >= 4 is 57.0 Å². The lowest BCUT2D eigenvalue weighted by atomic mass is 10.1. The van der Waals surface area contributed by atoms with Gasteiger partial charge in [0, 0.05) is 11.5 Å². The second-order valence-corrected chi connectivity index (χ2v) is 8.29. The van der Waals surface area contributed by atoms with E-state index in [1.165, 1.54) is 13.2 Å². The molecule has 9 heteroatoms. The molecule has 1 amide bonds. The number of nitrogens with zero attached hydrogens (tertiary/aromatic N) is 3. The largest absolute Gasteiger partial charge is 0.481 e. The number of hydrogen-bond donors (Lipinski definition) is 1. The molecule has 2 aromatic heterocycles. The standard InChI is InChI=1S/C19H19FIN4O2P/c1-10-7-17(27-4)22-12(3)18(10)23-19(26)15(20)8-13-5-6-14-11(2)24-25(28-21)16(14)9-13/h5-9,28H,1-4H3,(H,23,26)/b15-8-. The molecule has 1 atom stereocenters. The summed E-state index contributed by atoms with van der Waals surface area (Å²) in [5.41, 5.74) is 4.21. The average Bonchev–Trinajstić information content (AvgIpc) is 2.99. The molecule has 2 heterocycles. The highest BCUT2D eigenvalue weighted by atomic mass is 127. The molecule has 3 aromatic rings. The number of fused-ring (bicyclic) bond motifs is 1. The minimum absolute atomic E-state index is 0.434. The van der Waals surface area contributed by atoms with E-state index in [0.717, 1.165) is 22.2 Å². The van der Waals surface area contributed by atoms with Crippen LogP contribution in [0.4, 0.5) is 10.1 Å². The van der Waals surface area contributed by atoms with Crippen molar-refractivity contribution in [3.63, 3.8) is 0 Å². The molecule has 3 rings (SSSR count). The number of rotatable bonds is 5. The lowest BCUT2D eigenvalue weighted by Gasteiger charge is -2.11. The highest BCUT2D eigenvalue weighted by Gasteiger charge is 2.15. The molecule has 6 nitrogen and oxygen atoms in total. The Balaban J connectivity index is 1.87. The molecule has 0 aliphatic rings. The predicted molar refractivity (Wildman–Crippen MR) is 120 cm³/mol. The Morgan fingerprint density at radius 1 is 1.29 bits per heavy atom. The molecule has 1 unspecified atom stereocenters. The topological polar surface area (TPSA) is 69.0 Å². The van der Waals surface area contributed by atoms with Gasteiger partial charge in [0.15, 0.2) is 5.83 Å². The maximum Gasteiger partial charge on any atom is 0.284 e. The summed E-state index contributed by atoms with van der Waals surface area (Å²) in [6, 6.07) is 7.19. The van der Waals surface area contributed by atoms with Crippen LogP contribution in [0.1, 0.15) is 22.5 Å². The number of ether oxygens (including phenoxy) is 1. The fraction of sp³-hybridized carbons (Fsp3) is 0.211. The van der Waals surface area contributed by atoms with Crippen LogP contribution in [0.2, 0.25) is 0 Å². The van der Waals surface area contributed by atoms with Gasteiger partial charge >= 0.3 is 0 Å². The van der Waals surface area contributed by atoms with E-state index >= 15 is 0 Å². The van der Waals surface area contributed by atoms with Crippen LogP contribution < -0.4 is 10.1 Å². The van der Waals surface area contributed by atoms with Gasteiger partial charge in [-0.1, -0.05) is 12.1 Å². The molecule has 0 aliphatic carbocycles. The first kappa shape index (κ1) is 20.7. The van der Waals surface area contributed by atoms with Crippen molar-refractivity contribution in [1.82, 2.24) is 14.5 Å². The number of nitrogens with one attached hydrogen (secondary N) is 1. The molecule has 0 fully saturated rings. The van der Waals surface area contributed by atoms with Crippen LogP contribution in [0.3, 0.4) is 0 Å². The normalized spacial score (nSPS) is 12.1. The zero-order valence-corrected chi connectivity index (χ0v) is 19.0. The smallest absolute Gasteiger partial charge is 0.284 e. The van der Waals surface area contributed by atoms with Crippen molar-refractivity contribution in [1.29, 1.82) is 0 Å². The molecule has 0 radical (unpaired) electrons. The molecule has 28 heavy (non-hydrogen) atoms. The lowest BCUT2D eigenvalue weighted by Crippen LogP contribution is -2.14. The SMILES string of the molecule is COc1cc(C)c(NC(=O)/C(F)=C/c2ccc3c(C)nn(PI)c3c2)c(C)n1. The first-order valence-corrected chi connectivity index (χ1v) is 12.5. The first-order valence-electron chi connectivity index (χ1n) is 8.41. The van der Waals surface area contributed by atoms with Crippen LogP contribution in [0.5, 0.6) is 5.88 Å². The molecule has 0 aliphatic heterocycles. The Bertz CT molecular complexity index is 1070. The van der Waals surface area contributed by atoms with Crippen LogP contribution in [-0.2, 0) is 4.79 Å². The van der Waals surface area contributed by atoms with E-state index in [-0.39, 0.29) is 0 Å². The van der Waals surface area contributed by atoms with E-state index in [4.69, 9.17) is 4.74 Å². The number of benzene rings is 1. The summed E-state index contributed by atoms with van der Waals surface area (Å²) < 4.78 is 21.5. The van der Waals surface area contributed by atoms with Crippen LogP contribution in [0, 0.1) is 20.8 Å². The minimum Gasteiger partial charge on any atom is -0.481 e. The van der Waals surface area contributed by atoms with Crippen molar-refractivity contribution in [3.05, 3.63) is 52.6 Å². The third kappa shape index (κ3) is 4.17. The fourth-order valence-corrected chi connectivity index (χ4v) is 4.48. The van der Waals surface area contributed by atoms with Crippen molar-refractivity contribution in [3.8, 4) is 5.88 Å². The van der Waals surface area contributed by atoms with Gasteiger partial charge in [0.05, 0.1) is 36.1 Å². The molecule has 1 aromatic carbocycles. The number of hydrogen-bond acceptors (Lipinski definition) is 4. The van der Waals surface area contributed by atoms with Gasteiger partial charge in [-0.2, -0.15) is 5.10 Å². The maximum absolute atomic E-state index is 14.5. The van der Waals surface area contributed by atoms with Crippen LogP contribution in [0.15, 0.2) is 30.1 Å². The van der Waals surface area contributed by atoms with Gasteiger partial charge in [0.25, 0.3) is 5.91 Å². The molecule has 0 saturated carbocycles.